The molecule has 1 aromatic heterocycles. The summed E-state index contributed by atoms with van der Waals surface area (Å²) in [6.45, 7) is 3.96. The number of hydrogen-bond donors (Lipinski definition) is 1. The van der Waals surface area contributed by atoms with Crippen molar-refractivity contribution in [2.24, 2.45) is 0 Å². The molecule has 1 amide bonds. The first-order valence-electron chi connectivity index (χ1n) is 6.85. The zero-order valence-electron chi connectivity index (χ0n) is 12.0. The molecule has 2 rings (SSSR count). The van der Waals surface area contributed by atoms with E-state index in [0.717, 1.165) is 11.4 Å². The molecule has 108 valence electrons. The summed E-state index contributed by atoms with van der Waals surface area (Å²) >= 11 is 1.59. The van der Waals surface area contributed by atoms with Crippen molar-refractivity contribution in [2.45, 2.75) is 32.2 Å². The molecular weight excluding hydrogens is 282 g/mol. The number of nitrogens with one attached hydrogen (secondary N) is 1. The molecule has 1 N–H and O–H groups in total. The molecular formula is C16H17N3OS. The predicted octanol–water partition coefficient (Wildman–Crippen LogP) is 3.19. The van der Waals surface area contributed by atoms with Crippen LogP contribution in [0.4, 0.5) is 0 Å². The van der Waals surface area contributed by atoms with Gasteiger partial charge in [0.2, 0.25) is 5.91 Å². The van der Waals surface area contributed by atoms with Gasteiger partial charge in [0.25, 0.3) is 0 Å². The Morgan fingerprint density at radius 1 is 1.43 bits per heavy atom. The fourth-order valence-corrected chi connectivity index (χ4v) is 2.83. The second-order valence-corrected chi connectivity index (χ2v) is 5.87. The Morgan fingerprint density at radius 2 is 2.14 bits per heavy atom. The molecule has 0 aliphatic rings. The maximum Gasteiger partial charge on any atom is 0.242 e. The SMILES string of the molecule is CCc1cnc(C(C)NC(=O)C(C#N)c2ccccc2)s1. The van der Waals surface area contributed by atoms with Crippen LogP contribution in [0.15, 0.2) is 36.5 Å². The second kappa shape index (κ2) is 7.00. The largest absolute Gasteiger partial charge is 0.346 e. The van der Waals surface area contributed by atoms with Crippen LogP contribution in [0.2, 0.25) is 0 Å². The Bertz CT molecular complexity index is 645. The average molecular weight is 299 g/mol. The van der Waals surface area contributed by atoms with E-state index in [1.165, 1.54) is 4.88 Å². The normalized spacial score (nSPS) is 13.2. The minimum atomic E-state index is -0.792. The lowest BCUT2D eigenvalue weighted by atomic mass is 9.99. The predicted molar refractivity (Wildman–Crippen MR) is 82.8 cm³/mol. The summed E-state index contributed by atoms with van der Waals surface area (Å²) < 4.78 is 0. The Kier molecular flexibility index (Phi) is 5.07. The molecule has 2 atom stereocenters. The van der Waals surface area contributed by atoms with E-state index in [1.807, 2.05) is 31.3 Å². The number of thiazole rings is 1. The first-order valence-corrected chi connectivity index (χ1v) is 7.67. The van der Waals surface area contributed by atoms with E-state index in [-0.39, 0.29) is 11.9 Å². The Labute approximate surface area is 128 Å². The minimum absolute atomic E-state index is 0.192. The van der Waals surface area contributed by atoms with E-state index < -0.39 is 5.92 Å². The summed E-state index contributed by atoms with van der Waals surface area (Å²) in [4.78, 5) is 17.8. The third-order valence-corrected chi connectivity index (χ3v) is 4.50. The lowest BCUT2D eigenvalue weighted by molar-refractivity contribution is -0.122. The number of hydrogen-bond acceptors (Lipinski definition) is 4. The molecule has 0 radical (unpaired) electrons. The lowest BCUT2D eigenvalue weighted by Gasteiger charge is -2.14. The van der Waals surface area contributed by atoms with Crippen molar-refractivity contribution in [3.63, 3.8) is 0 Å². The van der Waals surface area contributed by atoms with Gasteiger partial charge < -0.3 is 5.32 Å². The van der Waals surface area contributed by atoms with E-state index in [0.29, 0.717) is 5.56 Å². The fraction of sp³-hybridized carbons (Fsp3) is 0.312. The number of aromatic nitrogens is 1. The molecule has 0 bridgehead atoms. The molecule has 4 nitrogen and oxygen atoms in total. The molecule has 2 unspecified atom stereocenters. The minimum Gasteiger partial charge on any atom is -0.346 e. The third kappa shape index (κ3) is 3.67. The Morgan fingerprint density at radius 3 is 2.71 bits per heavy atom. The number of rotatable bonds is 5. The summed E-state index contributed by atoms with van der Waals surface area (Å²) in [5.41, 5.74) is 0.707. The molecule has 0 aliphatic carbocycles. The van der Waals surface area contributed by atoms with Gasteiger partial charge in [0.05, 0.1) is 12.1 Å². The van der Waals surface area contributed by atoms with Gasteiger partial charge in [-0.05, 0) is 18.9 Å². The number of nitriles is 1. The summed E-state index contributed by atoms with van der Waals surface area (Å²) in [7, 11) is 0. The van der Waals surface area contributed by atoms with Crippen molar-refractivity contribution in [1.29, 1.82) is 5.26 Å². The number of carbonyl (C=O) groups excluding carboxylic acids is 1. The van der Waals surface area contributed by atoms with Crippen molar-refractivity contribution in [1.82, 2.24) is 10.3 Å². The quantitative estimate of drug-likeness (QED) is 0.922. The van der Waals surface area contributed by atoms with Gasteiger partial charge >= 0.3 is 0 Å². The third-order valence-electron chi connectivity index (χ3n) is 3.17. The highest BCUT2D eigenvalue weighted by Gasteiger charge is 2.22. The van der Waals surface area contributed by atoms with Gasteiger partial charge in [-0.25, -0.2) is 4.98 Å². The molecule has 21 heavy (non-hydrogen) atoms. The zero-order chi connectivity index (χ0) is 15.2. The van der Waals surface area contributed by atoms with Crippen LogP contribution >= 0.6 is 11.3 Å². The molecule has 0 saturated heterocycles. The molecule has 0 fully saturated rings. The van der Waals surface area contributed by atoms with Gasteiger partial charge in [0.15, 0.2) is 0 Å². The maximum atomic E-state index is 12.3. The first kappa shape index (κ1) is 15.2. The van der Waals surface area contributed by atoms with Crippen LogP contribution in [0, 0.1) is 11.3 Å². The molecule has 2 aromatic rings. The highest BCUT2D eigenvalue weighted by atomic mass is 32.1. The highest BCUT2D eigenvalue weighted by Crippen LogP contribution is 2.22. The number of nitrogens with zero attached hydrogens (tertiary/aromatic N) is 2. The van der Waals surface area contributed by atoms with E-state index in [9.17, 15) is 10.1 Å². The molecule has 1 heterocycles. The van der Waals surface area contributed by atoms with E-state index >= 15 is 0 Å². The van der Waals surface area contributed by atoms with Crippen LogP contribution in [-0.4, -0.2) is 10.9 Å². The van der Waals surface area contributed by atoms with Crippen LogP contribution < -0.4 is 5.32 Å². The highest BCUT2D eigenvalue weighted by molar-refractivity contribution is 7.11. The molecule has 0 spiro atoms. The van der Waals surface area contributed by atoms with Gasteiger partial charge in [-0.2, -0.15) is 5.26 Å². The van der Waals surface area contributed by atoms with Crippen molar-refractivity contribution >= 4 is 17.2 Å². The molecule has 0 aliphatic heterocycles. The number of amides is 1. The van der Waals surface area contributed by atoms with Gasteiger partial charge in [-0.3, -0.25) is 4.79 Å². The van der Waals surface area contributed by atoms with E-state index in [2.05, 4.69) is 23.3 Å². The summed E-state index contributed by atoms with van der Waals surface area (Å²) in [5, 5.41) is 13.0. The van der Waals surface area contributed by atoms with Crippen LogP contribution in [-0.2, 0) is 11.2 Å². The average Bonchev–Trinajstić information content (AvgIpc) is 2.98. The monoisotopic (exact) mass is 299 g/mol. The van der Waals surface area contributed by atoms with Crippen LogP contribution in [0.1, 0.15) is 41.3 Å². The summed E-state index contributed by atoms with van der Waals surface area (Å²) in [6.07, 6.45) is 2.77. The van der Waals surface area contributed by atoms with E-state index in [4.69, 9.17) is 0 Å². The summed E-state index contributed by atoms with van der Waals surface area (Å²) in [6, 6.07) is 11.0. The first-order chi connectivity index (χ1) is 10.2. The van der Waals surface area contributed by atoms with Gasteiger partial charge in [0.1, 0.15) is 10.9 Å². The Balaban J connectivity index is 2.07. The van der Waals surface area contributed by atoms with Gasteiger partial charge in [-0.1, -0.05) is 37.3 Å². The Hall–Kier alpha value is -2.19. The van der Waals surface area contributed by atoms with Crippen molar-refractivity contribution in [3.8, 4) is 6.07 Å². The number of carbonyl (C=O) groups is 1. The van der Waals surface area contributed by atoms with Crippen molar-refractivity contribution < 1.29 is 4.79 Å². The van der Waals surface area contributed by atoms with Gasteiger partial charge in [-0.15, -0.1) is 11.3 Å². The smallest absolute Gasteiger partial charge is 0.242 e. The molecule has 1 aromatic carbocycles. The molecule has 5 heteroatoms. The van der Waals surface area contributed by atoms with E-state index in [1.54, 1.807) is 23.5 Å². The van der Waals surface area contributed by atoms with Gasteiger partial charge in [0, 0.05) is 11.1 Å². The standard InChI is InChI=1S/C16H17N3OS/c1-3-13-10-18-16(21-13)11(2)19-15(20)14(9-17)12-7-5-4-6-8-12/h4-8,10-11,14H,3H2,1-2H3,(H,19,20). The number of aryl methyl sites for hydroxylation is 1. The zero-order valence-corrected chi connectivity index (χ0v) is 12.9. The molecule has 0 saturated carbocycles. The maximum absolute atomic E-state index is 12.3. The van der Waals surface area contributed by atoms with Crippen molar-refractivity contribution in [2.75, 3.05) is 0 Å². The number of benzene rings is 1. The fourth-order valence-electron chi connectivity index (χ4n) is 1.97. The van der Waals surface area contributed by atoms with Crippen LogP contribution in [0.5, 0.6) is 0 Å². The van der Waals surface area contributed by atoms with Crippen LogP contribution in [0.25, 0.3) is 0 Å². The van der Waals surface area contributed by atoms with Crippen molar-refractivity contribution in [3.05, 3.63) is 52.0 Å². The summed E-state index contributed by atoms with van der Waals surface area (Å²) in [5.74, 6) is -1.08. The second-order valence-electron chi connectivity index (χ2n) is 4.72. The van der Waals surface area contributed by atoms with Crippen LogP contribution in [0.3, 0.4) is 0 Å². The lowest BCUT2D eigenvalue weighted by Crippen LogP contribution is -2.31. The topological polar surface area (TPSA) is 65.8 Å².